The summed E-state index contributed by atoms with van der Waals surface area (Å²) in [7, 11) is 1.67. The molecule has 0 aliphatic carbocycles. The highest BCUT2D eigenvalue weighted by molar-refractivity contribution is 9.08. The minimum atomic E-state index is 0.741. The lowest BCUT2D eigenvalue weighted by molar-refractivity contribution is 0.415. The third-order valence-corrected chi connectivity index (χ3v) is 3.97. The van der Waals surface area contributed by atoms with E-state index < -0.39 is 0 Å². The number of ether oxygens (including phenoxy) is 1. The summed E-state index contributed by atoms with van der Waals surface area (Å²) >= 11 is 3.42. The Kier molecular flexibility index (Phi) is 4.49. The second-order valence-corrected chi connectivity index (χ2v) is 5.37. The summed E-state index contributed by atoms with van der Waals surface area (Å²) in [6.45, 7) is 0. The fraction of sp³-hybridized carbons (Fsp3) is 0.111. The van der Waals surface area contributed by atoms with Crippen LogP contribution in [-0.4, -0.2) is 17.1 Å². The standard InChI is InChI=1S/C18H15BrN2O/c1-22-16-8-5-13(6-9-16)14-7-10-17(20-12-14)18-4-2-3-15(11-19)21-18/h2-10,12H,11H2,1H3. The highest BCUT2D eigenvalue weighted by Crippen LogP contribution is 2.24. The van der Waals surface area contributed by atoms with Gasteiger partial charge in [0.2, 0.25) is 0 Å². The van der Waals surface area contributed by atoms with Crippen LogP contribution in [0.2, 0.25) is 0 Å². The molecule has 0 saturated carbocycles. The Morgan fingerprint density at radius 2 is 1.68 bits per heavy atom. The molecule has 0 aliphatic rings. The Morgan fingerprint density at radius 3 is 2.32 bits per heavy atom. The van der Waals surface area contributed by atoms with Crippen molar-refractivity contribution in [2.24, 2.45) is 0 Å². The summed E-state index contributed by atoms with van der Waals surface area (Å²) in [6, 6.07) is 18.0. The van der Waals surface area contributed by atoms with E-state index in [-0.39, 0.29) is 0 Å². The van der Waals surface area contributed by atoms with E-state index in [2.05, 4.69) is 32.0 Å². The molecule has 22 heavy (non-hydrogen) atoms. The van der Waals surface area contributed by atoms with Crippen LogP contribution in [0, 0.1) is 0 Å². The van der Waals surface area contributed by atoms with Crippen molar-refractivity contribution in [2.45, 2.75) is 5.33 Å². The van der Waals surface area contributed by atoms with Gasteiger partial charge in [0.1, 0.15) is 5.75 Å². The summed E-state index contributed by atoms with van der Waals surface area (Å²) in [5, 5.41) is 0.741. The molecule has 3 aromatic rings. The van der Waals surface area contributed by atoms with Crippen molar-refractivity contribution in [2.75, 3.05) is 7.11 Å². The van der Waals surface area contributed by atoms with Crippen LogP contribution in [0.25, 0.3) is 22.5 Å². The van der Waals surface area contributed by atoms with E-state index in [0.717, 1.165) is 39.3 Å². The lowest BCUT2D eigenvalue weighted by Crippen LogP contribution is -1.91. The number of hydrogen-bond donors (Lipinski definition) is 0. The second kappa shape index (κ2) is 6.71. The number of aromatic nitrogens is 2. The Balaban J connectivity index is 1.88. The average molecular weight is 355 g/mol. The van der Waals surface area contributed by atoms with E-state index in [1.807, 2.05) is 54.7 Å². The summed E-state index contributed by atoms with van der Waals surface area (Å²) in [6.07, 6.45) is 1.87. The second-order valence-electron chi connectivity index (χ2n) is 4.81. The minimum Gasteiger partial charge on any atom is -0.497 e. The molecule has 2 heterocycles. The van der Waals surface area contributed by atoms with Gasteiger partial charge in [-0.3, -0.25) is 9.97 Å². The molecule has 0 aliphatic heterocycles. The molecule has 3 nitrogen and oxygen atoms in total. The van der Waals surface area contributed by atoms with Gasteiger partial charge in [0.05, 0.1) is 24.2 Å². The maximum atomic E-state index is 5.18. The highest BCUT2D eigenvalue weighted by Gasteiger charge is 2.04. The van der Waals surface area contributed by atoms with E-state index in [0.29, 0.717) is 0 Å². The van der Waals surface area contributed by atoms with Crippen LogP contribution in [0.1, 0.15) is 5.69 Å². The molecule has 110 valence electrons. The van der Waals surface area contributed by atoms with Crippen molar-refractivity contribution < 1.29 is 4.74 Å². The molecule has 4 heteroatoms. The zero-order valence-corrected chi connectivity index (χ0v) is 13.7. The third-order valence-electron chi connectivity index (χ3n) is 3.39. The van der Waals surface area contributed by atoms with Crippen LogP contribution in [0.4, 0.5) is 0 Å². The molecule has 0 saturated heterocycles. The van der Waals surface area contributed by atoms with Crippen LogP contribution in [0.3, 0.4) is 0 Å². The minimum absolute atomic E-state index is 0.741. The Morgan fingerprint density at radius 1 is 0.909 bits per heavy atom. The molecule has 0 amide bonds. The Bertz CT molecular complexity index is 755. The quantitative estimate of drug-likeness (QED) is 0.636. The van der Waals surface area contributed by atoms with Crippen LogP contribution in [0.5, 0.6) is 5.75 Å². The number of rotatable bonds is 4. The number of nitrogens with zero attached hydrogens (tertiary/aromatic N) is 2. The monoisotopic (exact) mass is 354 g/mol. The van der Waals surface area contributed by atoms with E-state index in [9.17, 15) is 0 Å². The van der Waals surface area contributed by atoms with Gasteiger partial charge in [-0.25, -0.2) is 0 Å². The van der Waals surface area contributed by atoms with Crippen LogP contribution >= 0.6 is 15.9 Å². The molecule has 0 spiro atoms. The number of hydrogen-bond acceptors (Lipinski definition) is 3. The molecular formula is C18H15BrN2O. The van der Waals surface area contributed by atoms with Crippen molar-refractivity contribution in [3.63, 3.8) is 0 Å². The van der Waals surface area contributed by atoms with Gasteiger partial charge in [0, 0.05) is 17.1 Å². The number of benzene rings is 1. The van der Waals surface area contributed by atoms with Crippen molar-refractivity contribution in [1.29, 1.82) is 0 Å². The SMILES string of the molecule is COc1ccc(-c2ccc(-c3cccc(CBr)n3)nc2)cc1. The molecule has 0 radical (unpaired) electrons. The van der Waals surface area contributed by atoms with Crippen LogP contribution < -0.4 is 4.74 Å². The smallest absolute Gasteiger partial charge is 0.118 e. The van der Waals surface area contributed by atoms with Gasteiger partial charge in [-0.15, -0.1) is 0 Å². The fourth-order valence-corrected chi connectivity index (χ4v) is 2.51. The maximum absolute atomic E-state index is 5.18. The first-order chi connectivity index (χ1) is 10.8. The largest absolute Gasteiger partial charge is 0.497 e. The molecule has 0 fully saturated rings. The van der Waals surface area contributed by atoms with Gasteiger partial charge < -0.3 is 4.74 Å². The first kappa shape index (κ1) is 14.7. The predicted molar refractivity (Wildman–Crippen MR) is 92.1 cm³/mol. The van der Waals surface area contributed by atoms with Crippen LogP contribution in [0.15, 0.2) is 60.8 Å². The Labute approximate surface area is 138 Å². The van der Waals surface area contributed by atoms with Crippen LogP contribution in [-0.2, 0) is 5.33 Å². The molecule has 0 N–H and O–H groups in total. The summed E-state index contributed by atoms with van der Waals surface area (Å²) < 4.78 is 5.18. The van der Waals surface area contributed by atoms with Gasteiger partial charge in [0.25, 0.3) is 0 Å². The van der Waals surface area contributed by atoms with Crippen molar-refractivity contribution >= 4 is 15.9 Å². The zero-order valence-electron chi connectivity index (χ0n) is 12.2. The van der Waals surface area contributed by atoms with E-state index in [4.69, 9.17) is 4.74 Å². The molecule has 2 aromatic heterocycles. The maximum Gasteiger partial charge on any atom is 0.118 e. The molecule has 0 atom stereocenters. The van der Waals surface area contributed by atoms with Gasteiger partial charge in [0.15, 0.2) is 0 Å². The van der Waals surface area contributed by atoms with E-state index in [1.54, 1.807) is 7.11 Å². The third kappa shape index (κ3) is 3.17. The molecule has 3 rings (SSSR count). The first-order valence-corrected chi connectivity index (χ1v) is 8.05. The molecule has 0 unspecified atom stereocenters. The van der Waals surface area contributed by atoms with Gasteiger partial charge in [-0.1, -0.05) is 40.2 Å². The van der Waals surface area contributed by atoms with Gasteiger partial charge in [-0.05, 0) is 35.9 Å². The van der Waals surface area contributed by atoms with Crippen molar-refractivity contribution in [1.82, 2.24) is 9.97 Å². The van der Waals surface area contributed by atoms with Gasteiger partial charge in [-0.2, -0.15) is 0 Å². The summed E-state index contributed by atoms with van der Waals surface area (Å²) in [5.74, 6) is 0.851. The highest BCUT2D eigenvalue weighted by atomic mass is 79.9. The number of halogens is 1. The first-order valence-electron chi connectivity index (χ1n) is 6.93. The number of pyridine rings is 2. The van der Waals surface area contributed by atoms with E-state index in [1.165, 1.54) is 0 Å². The average Bonchev–Trinajstić information content (AvgIpc) is 2.62. The van der Waals surface area contributed by atoms with Crippen molar-refractivity contribution in [3.8, 4) is 28.3 Å². The molecule has 1 aromatic carbocycles. The predicted octanol–water partition coefficient (Wildman–Crippen LogP) is 4.71. The number of methoxy groups -OCH3 is 1. The lowest BCUT2D eigenvalue weighted by Gasteiger charge is -2.06. The fourth-order valence-electron chi connectivity index (χ4n) is 2.20. The lowest BCUT2D eigenvalue weighted by atomic mass is 10.1. The summed E-state index contributed by atoms with van der Waals surface area (Å²) in [5.41, 5.74) is 4.95. The Hall–Kier alpha value is -2.20. The number of alkyl halides is 1. The van der Waals surface area contributed by atoms with Gasteiger partial charge >= 0.3 is 0 Å². The normalized spacial score (nSPS) is 10.5. The van der Waals surface area contributed by atoms with E-state index >= 15 is 0 Å². The topological polar surface area (TPSA) is 35.0 Å². The zero-order chi connectivity index (χ0) is 15.4. The molecular weight excluding hydrogens is 340 g/mol. The summed E-state index contributed by atoms with van der Waals surface area (Å²) in [4.78, 5) is 9.09. The van der Waals surface area contributed by atoms with Crippen molar-refractivity contribution in [3.05, 3.63) is 66.5 Å². The molecule has 0 bridgehead atoms.